The monoisotopic (exact) mass is 1510 g/mol. The predicted molar refractivity (Wildman–Crippen MR) is 469 cm³/mol. The molecule has 20 heteroatoms. The molecule has 0 unspecified atom stereocenters. The molecule has 12 aromatic carbocycles. The molecule has 0 atom stereocenters. The van der Waals surface area contributed by atoms with E-state index < -0.39 is 0 Å². The Bertz CT molecular complexity index is 6150. The number of anilines is 12. The second-order valence-corrected chi connectivity index (χ2v) is 29.3. The van der Waals surface area contributed by atoms with Gasteiger partial charge in [0.25, 0.3) is 0 Å². The molecule has 0 bridgehead atoms. The molecule has 0 fully saturated rings. The SMILES string of the molecule is CCc1c(N(c2ccc3cncnc3c2CC)c2cc(N(c3ccc4cncnc4c3CC)c3ccc4cncnc4c3CC)c3ccc4c(N(c5ccc6cncnc6c5CC)c5ccc6cncnc6c5CC)cc(N(c5ccc6cncnc6c5CC)c5ccc6cncnc6c5CC)c5ccc2c3c54)ccc2cncnc12. The second kappa shape index (κ2) is 29.0. The summed E-state index contributed by atoms with van der Waals surface area (Å²) in [5, 5.41) is 13.5. The molecule has 0 N–H and O–H groups in total. The molecule has 0 aliphatic rings. The number of hydrogen-bond donors (Lipinski definition) is 0. The number of nitrogens with zero attached hydrogens (tertiary/aromatic N) is 20. The van der Waals surface area contributed by atoms with Gasteiger partial charge in [-0.25, -0.2) is 79.7 Å². The molecule has 562 valence electrons. The van der Waals surface area contributed by atoms with E-state index in [1.165, 1.54) is 0 Å². The molecule has 0 spiro atoms. The number of fused-ring (bicyclic) bond motifs is 8. The second-order valence-electron chi connectivity index (χ2n) is 29.3. The van der Waals surface area contributed by atoms with Gasteiger partial charge < -0.3 is 19.6 Å². The molecule has 0 aliphatic carbocycles. The van der Waals surface area contributed by atoms with Crippen LogP contribution < -0.4 is 19.6 Å². The molecule has 0 amide bonds. The molecule has 20 nitrogen and oxygen atoms in total. The van der Waals surface area contributed by atoms with Gasteiger partial charge in [0, 0.05) is 169 Å². The van der Waals surface area contributed by atoms with Crippen molar-refractivity contribution in [2.45, 2.75) is 107 Å². The zero-order chi connectivity index (χ0) is 78.4. The third-order valence-corrected chi connectivity index (χ3v) is 23.6. The molecule has 8 heterocycles. The van der Waals surface area contributed by atoms with Crippen LogP contribution in [-0.2, 0) is 51.4 Å². The summed E-state index contributed by atoms with van der Waals surface area (Å²) in [5.41, 5.74) is 26.7. The smallest absolute Gasteiger partial charge is 0.116 e. The lowest BCUT2D eigenvalue weighted by Gasteiger charge is -2.37. The highest BCUT2D eigenvalue weighted by molar-refractivity contribution is 6.33. The molecule has 20 rings (SSSR count). The lowest BCUT2D eigenvalue weighted by atomic mass is 9.88. The maximum absolute atomic E-state index is 5.16. The highest BCUT2D eigenvalue weighted by atomic mass is 15.2. The summed E-state index contributed by atoms with van der Waals surface area (Å²) in [4.78, 5) is 88.2. The fourth-order valence-corrected chi connectivity index (χ4v) is 18.5. The van der Waals surface area contributed by atoms with Crippen molar-refractivity contribution >= 4 is 188 Å². The first-order chi connectivity index (χ1) is 57.3. The minimum atomic E-state index is 0.639. The van der Waals surface area contributed by atoms with E-state index in [9.17, 15) is 0 Å². The van der Waals surface area contributed by atoms with Crippen LogP contribution in [0.3, 0.4) is 0 Å². The van der Waals surface area contributed by atoms with Crippen molar-refractivity contribution in [2.75, 3.05) is 19.6 Å². The zero-order valence-electron chi connectivity index (χ0n) is 65.5. The normalized spacial score (nSPS) is 11.9. The molecule has 0 aliphatic heterocycles. The van der Waals surface area contributed by atoms with Gasteiger partial charge in [0.15, 0.2) is 0 Å². The Labute approximate surface area is 668 Å². The number of aromatic nitrogens is 16. The standard InChI is InChI=1S/C96H78N20/c1-9-63-75(29-17-55-39-97-47-105-89(55)63)113(76-30-18-56-40-98-48-106-90(56)64(76)10-2)83-37-84(114(77-31-19-57-41-99-49-107-91(57)65(77)11-3)78-32-20-58-42-100-50-108-92(58)66(78)12-4)72-27-28-74-86(116(81-35-23-61-45-103-53-111-95(61)69(81)15-7)82-36-24-62-46-104-54-112-96(62)70(82)16-8)38-85(73-26-25-71(83)87(72)88(73)74)115(79-33-21-59-43-101-51-109-93(59)67(79)13-5)80-34-22-60-44-102-52-110-94(60)68(80)14-6/h17-54H,9-16H2,1-8H3. The third-order valence-electron chi connectivity index (χ3n) is 23.6. The fraction of sp³-hybridized carbons (Fsp3) is 0.167. The van der Waals surface area contributed by atoms with Crippen LogP contribution in [0.1, 0.15) is 99.9 Å². The maximum Gasteiger partial charge on any atom is 0.116 e. The van der Waals surface area contributed by atoms with Crippen LogP contribution in [0.4, 0.5) is 68.2 Å². The first-order valence-electron chi connectivity index (χ1n) is 40.0. The average Bonchev–Trinajstić information content (AvgIpc) is 0.692. The minimum absolute atomic E-state index is 0.639. The van der Waals surface area contributed by atoms with Gasteiger partial charge >= 0.3 is 0 Å². The van der Waals surface area contributed by atoms with Crippen molar-refractivity contribution in [3.63, 3.8) is 0 Å². The Hall–Kier alpha value is -14.4. The lowest BCUT2D eigenvalue weighted by molar-refractivity contribution is 1.08. The Balaban J connectivity index is 1.05. The molecule has 20 aromatic rings. The summed E-state index contributed by atoms with van der Waals surface area (Å²) >= 11 is 0. The van der Waals surface area contributed by atoms with E-state index in [1.807, 2.05) is 49.6 Å². The number of aryl methyl sites for hydroxylation is 8. The summed E-state index contributed by atoms with van der Waals surface area (Å²) in [6.07, 6.45) is 33.8. The molecule has 8 aromatic heterocycles. The van der Waals surface area contributed by atoms with Crippen LogP contribution in [-0.4, -0.2) is 79.7 Å². The van der Waals surface area contributed by atoms with E-state index in [2.05, 4.69) is 248 Å². The van der Waals surface area contributed by atoms with E-state index in [-0.39, 0.29) is 0 Å². The highest BCUT2D eigenvalue weighted by Crippen LogP contribution is 2.58. The summed E-state index contributed by atoms with van der Waals surface area (Å²) in [6, 6.07) is 50.0. The van der Waals surface area contributed by atoms with Gasteiger partial charge in [-0.05, 0) is 161 Å². The van der Waals surface area contributed by atoms with E-state index in [1.54, 1.807) is 50.6 Å². The predicted octanol–water partition coefficient (Wildman–Crippen LogP) is 22.5. The van der Waals surface area contributed by atoms with Crippen LogP contribution >= 0.6 is 0 Å². The van der Waals surface area contributed by atoms with Crippen LogP contribution in [0.2, 0.25) is 0 Å². The van der Waals surface area contributed by atoms with Crippen molar-refractivity contribution < 1.29 is 0 Å². The van der Waals surface area contributed by atoms with Crippen molar-refractivity contribution in [3.05, 3.63) is 278 Å². The molecule has 0 saturated heterocycles. The van der Waals surface area contributed by atoms with E-state index >= 15 is 0 Å². The minimum Gasteiger partial charge on any atom is -0.309 e. The number of benzene rings is 12. The molecule has 0 saturated carbocycles. The Morgan fingerprint density at radius 2 is 0.328 bits per heavy atom. The molecular weight excluding hydrogens is 1430 g/mol. The first-order valence-corrected chi connectivity index (χ1v) is 40.0. The van der Waals surface area contributed by atoms with Gasteiger partial charge in [0.2, 0.25) is 0 Å². The zero-order valence-corrected chi connectivity index (χ0v) is 65.5. The quantitative estimate of drug-likeness (QED) is 0.0648. The van der Waals surface area contributed by atoms with Crippen LogP contribution in [0.25, 0.3) is 120 Å². The fourth-order valence-electron chi connectivity index (χ4n) is 18.5. The third kappa shape index (κ3) is 11.1. The van der Waals surface area contributed by atoms with Gasteiger partial charge in [-0.3, -0.25) is 0 Å². The van der Waals surface area contributed by atoms with Crippen molar-refractivity contribution in [1.29, 1.82) is 0 Å². The van der Waals surface area contributed by atoms with Gasteiger partial charge in [-0.15, -0.1) is 0 Å². The lowest BCUT2D eigenvalue weighted by Crippen LogP contribution is -2.19. The highest BCUT2D eigenvalue weighted by Gasteiger charge is 2.35. The summed E-state index contributed by atoms with van der Waals surface area (Å²) in [7, 11) is 0. The Morgan fingerprint density at radius 1 is 0.181 bits per heavy atom. The average molecular weight is 1510 g/mol. The summed E-state index contributed by atoms with van der Waals surface area (Å²) in [6.45, 7) is 17.8. The Morgan fingerprint density at radius 3 is 0.466 bits per heavy atom. The summed E-state index contributed by atoms with van der Waals surface area (Å²) in [5.74, 6) is 0. The number of rotatable bonds is 20. The van der Waals surface area contributed by atoms with Crippen molar-refractivity contribution in [2.24, 2.45) is 0 Å². The van der Waals surface area contributed by atoms with Gasteiger partial charge in [0.1, 0.15) is 50.6 Å². The van der Waals surface area contributed by atoms with Crippen molar-refractivity contribution in [1.82, 2.24) is 79.7 Å². The Kier molecular flexibility index (Phi) is 17.7. The van der Waals surface area contributed by atoms with Crippen LogP contribution in [0, 0.1) is 0 Å². The van der Waals surface area contributed by atoms with Gasteiger partial charge in [-0.1, -0.05) is 79.7 Å². The molecular formula is C96H78N20. The van der Waals surface area contributed by atoms with Crippen LogP contribution in [0.15, 0.2) is 234 Å². The van der Waals surface area contributed by atoms with Crippen LogP contribution in [0.5, 0.6) is 0 Å². The molecule has 116 heavy (non-hydrogen) atoms. The summed E-state index contributed by atoms with van der Waals surface area (Å²) < 4.78 is 0. The van der Waals surface area contributed by atoms with E-state index in [0.29, 0.717) is 51.4 Å². The molecule has 0 radical (unpaired) electrons. The largest absolute Gasteiger partial charge is 0.309 e. The number of hydrogen-bond acceptors (Lipinski definition) is 20. The van der Waals surface area contributed by atoms with E-state index in [4.69, 9.17) is 39.9 Å². The van der Waals surface area contributed by atoms with Gasteiger partial charge in [-0.2, -0.15) is 0 Å². The van der Waals surface area contributed by atoms with Crippen molar-refractivity contribution in [3.8, 4) is 0 Å². The maximum atomic E-state index is 5.16. The van der Waals surface area contributed by atoms with Gasteiger partial charge in [0.05, 0.1) is 112 Å². The van der Waals surface area contributed by atoms with E-state index in [0.717, 1.165) is 232 Å². The topological polar surface area (TPSA) is 219 Å². The first kappa shape index (κ1) is 70.7.